The van der Waals surface area contributed by atoms with Gasteiger partial charge in [0.25, 0.3) is 0 Å². The minimum atomic E-state index is -0.266. The van der Waals surface area contributed by atoms with Crippen molar-refractivity contribution in [3.05, 3.63) is 0 Å². The third kappa shape index (κ3) is 2.99. The Morgan fingerprint density at radius 2 is 2.18 bits per heavy atom. The highest BCUT2D eigenvalue weighted by molar-refractivity contribution is 5.55. The molecule has 0 saturated carbocycles. The topological polar surface area (TPSA) is 35.5 Å². The predicted octanol–water partition coefficient (Wildman–Crippen LogP) is 0.769. The molecule has 0 N–H and O–H groups in total. The molecule has 1 atom stereocenters. The van der Waals surface area contributed by atoms with Crippen molar-refractivity contribution >= 4 is 6.29 Å². The lowest BCUT2D eigenvalue weighted by atomic mass is 10.1. The average molecular weight is 158 g/mol. The zero-order chi connectivity index (χ0) is 8.10. The minimum Gasteiger partial charge on any atom is -0.381 e. The third-order valence-electron chi connectivity index (χ3n) is 1.77. The Kier molecular flexibility index (Phi) is 3.52. The molecule has 1 heterocycles. The van der Waals surface area contributed by atoms with E-state index in [1.165, 1.54) is 0 Å². The Morgan fingerprint density at radius 1 is 1.55 bits per heavy atom. The summed E-state index contributed by atoms with van der Waals surface area (Å²) in [5.74, 6) is 0. The van der Waals surface area contributed by atoms with Crippen molar-refractivity contribution in [3.63, 3.8) is 0 Å². The first-order chi connectivity index (χ1) is 5.33. The fraction of sp³-hybridized carbons (Fsp3) is 0.875. The van der Waals surface area contributed by atoms with Gasteiger partial charge in [0.1, 0.15) is 12.4 Å². The van der Waals surface area contributed by atoms with Crippen LogP contribution < -0.4 is 0 Å². The van der Waals surface area contributed by atoms with Gasteiger partial charge in [0.2, 0.25) is 0 Å². The molecular weight excluding hydrogens is 144 g/mol. The zero-order valence-electron chi connectivity index (χ0n) is 6.79. The van der Waals surface area contributed by atoms with E-state index in [0.29, 0.717) is 0 Å². The second-order valence-corrected chi connectivity index (χ2v) is 2.79. The molecule has 0 aromatic heterocycles. The van der Waals surface area contributed by atoms with Gasteiger partial charge in [0, 0.05) is 13.2 Å². The number of ether oxygens (including phenoxy) is 2. The lowest BCUT2D eigenvalue weighted by Crippen LogP contribution is -2.27. The molecule has 0 unspecified atom stereocenters. The number of carbonyl (C=O) groups is 1. The molecule has 1 rings (SSSR count). The standard InChI is InChI=1S/C8H14O3/c1-7(6-9)11-8-2-4-10-5-3-8/h6-8H,2-5H2,1H3/t7-/m0/s1. The van der Waals surface area contributed by atoms with E-state index in [0.717, 1.165) is 32.3 Å². The second kappa shape index (κ2) is 4.46. The second-order valence-electron chi connectivity index (χ2n) is 2.79. The summed E-state index contributed by atoms with van der Waals surface area (Å²) in [5.41, 5.74) is 0. The normalized spacial score (nSPS) is 23.0. The van der Waals surface area contributed by atoms with Crippen molar-refractivity contribution in [2.75, 3.05) is 13.2 Å². The van der Waals surface area contributed by atoms with Gasteiger partial charge >= 0.3 is 0 Å². The first-order valence-electron chi connectivity index (χ1n) is 4.01. The molecule has 1 fully saturated rings. The molecule has 1 saturated heterocycles. The highest BCUT2D eigenvalue weighted by Crippen LogP contribution is 2.11. The third-order valence-corrected chi connectivity index (χ3v) is 1.77. The van der Waals surface area contributed by atoms with E-state index in [-0.39, 0.29) is 12.2 Å². The maximum absolute atomic E-state index is 10.2. The molecule has 0 radical (unpaired) electrons. The molecule has 0 amide bonds. The van der Waals surface area contributed by atoms with E-state index >= 15 is 0 Å². The Hall–Kier alpha value is -0.410. The van der Waals surface area contributed by atoms with E-state index in [2.05, 4.69) is 0 Å². The number of carbonyl (C=O) groups excluding carboxylic acids is 1. The molecule has 0 aliphatic carbocycles. The Labute approximate surface area is 66.7 Å². The summed E-state index contributed by atoms with van der Waals surface area (Å²) < 4.78 is 10.5. The van der Waals surface area contributed by atoms with Gasteiger partial charge < -0.3 is 14.3 Å². The molecule has 11 heavy (non-hydrogen) atoms. The minimum absolute atomic E-state index is 0.226. The zero-order valence-corrected chi connectivity index (χ0v) is 6.79. The highest BCUT2D eigenvalue weighted by atomic mass is 16.5. The first kappa shape index (κ1) is 8.68. The van der Waals surface area contributed by atoms with Gasteiger partial charge in [-0.2, -0.15) is 0 Å². The molecule has 64 valence electrons. The van der Waals surface area contributed by atoms with E-state index in [9.17, 15) is 4.79 Å². The maximum Gasteiger partial charge on any atom is 0.148 e. The number of rotatable bonds is 3. The van der Waals surface area contributed by atoms with Crippen LogP contribution >= 0.6 is 0 Å². The monoisotopic (exact) mass is 158 g/mol. The summed E-state index contributed by atoms with van der Waals surface area (Å²) in [4.78, 5) is 10.2. The highest BCUT2D eigenvalue weighted by Gasteiger charge is 2.16. The number of hydrogen-bond donors (Lipinski definition) is 0. The van der Waals surface area contributed by atoms with E-state index in [1.54, 1.807) is 6.92 Å². The van der Waals surface area contributed by atoms with Crippen LogP contribution in [-0.4, -0.2) is 31.7 Å². The van der Waals surface area contributed by atoms with Crippen molar-refractivity contribution in [2.45, 2.75) is 32.0 Å². The van der Waals surface area contributed by atoms with Gasteiger partial charge in [-0.15, -0.1) is 0 Å². The molecule has 3 nitrogen and oxygen atoms in total. The average Bonchev–Trinajstić information content (AvgIpc) is 2.06. The smallest absolute Gasteiger partial charge is 0.148 e. The van der Waals surface area contributed by atoms with Crippen LogP contribution in [0, 0.1) is 0 Å². The van der Waals surface area contributed by atoms with Gasteiger partial charge in [0.05, 0.1) is 6.10 Å². The van der Waals surface area contributed by atoms with Crippen LogP contribution in [0.15, 0.2) is 0 Å². The van der Waals surface area contributed by atoms with Gasteiger partial charge in [-0.05, 0) is 19.8 Å². The van der Waals surface area contributed by atoms with Crippen molar-refractivity contribution in [1.29, 1.82) is 0 Å². The van der Waals surface area contributed by atoms with Gasteiger partial charge in [-0.1, -0.05) is 0 Å². The van der Waals surface area contributed by atoms with E-state index in [4.69, 9.17) is 9.47 Å². The van der Waals surface area contributed by atoms with Crippen molar-refractivity contribution in [3.8, 4) is 0 Å². The molecule has 0 aromatic rings. The maximum atomic E-state index is 10.2. The summed E-state index contributed by atoms with van der Waals surface area (Å²) in [7, 11) is 0. The summed E-state index contributed by atoms with van der Waals surface area (Å²) in [6.07, 6.45) is 2.62. The Morgan fingerprint density at radius 3 is 2.73 bits per heavy atom. The van der Waals surface area contributed by atoms with Gasteiger partial charge in [-0.3, -0.25) is 0 Å². The Bertz CT molecular complexity index is 119. The summed E-state index contributed by atoms with van der Waals surface area (Å²) in [6.45, 7) is 3.29. The summed E-state index contributed by atoms with van der Waals surface area (Å²) >= 11 is 0. The van der Waals surface area contributed by atoms with Gasteiger partial charge in [-0.25, -0.2) is 0 Å². The van der Waals surface area contributed by atoms with Crippen LogP contribution in [0.2, 0.25) is 0 Å². The van der Waals surface area contributed by atoms with Crippen LogP contribution in [0.1, 0.15) is 19.8 Å². The quantitative estimate of drug-likeness (QED) is 0.569. The largest absolute Gasteiger partial charge is 0.381 e. The summed E-state index contributed by atoms with van der Waals surface area (Å²) in [6, 6.07) is 0. The fourth-order valence-corrected chi connectivity index (χ4v) is 1.15. The molecule has 0 spiro atoms. The van der Waals surface area contributed by atoms with Crippen LogP contribution in [0.3, 0.4) is 0 Å². The lowest BCUT2D eigenvalue weighted by Gasteiger charge is -2.23. The summed E-state index contributed by atoms with van der Waals surface area (Å²) in [5, 5.41) is 0. The van der Waals surface area contributed by atoms with Crippen molar-refractivity contribution < 1.29 is 14.3 Å². The van der Waals surface area contributed by atoms with Crippen molar-refractivity contribution in [2.24, 2.45) is 0 Å². The number of aldehydes is 1. The SMILES string of the molecule is C[C@@H](C=O)OC1CCOCC1. The predicted molar refractivity (Wildman–Crippen MR) is 40.5 cm³/mol. The first-order valence-corrected chi connectivity index (χ1v) is 4.01. The molecule has 3 heteroatoms. The fourth-order valence-electron chi connectivity index (χ4n) is 1.15. The number of hydrogen-bond acceptors (Lipinski definition) is 3. The van der Waals surface area contributed by atoms with Gasteiger partial charge in [0.15, 0.2) is 0 Å². The lowest BCUT2D eigenvalue weighted by molar-refractivity contribution is -0.124. The van der Waals surface area contributed by atoms with Crippen molar-refractivity contribution in [1.82, 2.24) is 0 Å². The van der Waals surface area contributed by atoms with E-state index in [1.807, 2.05) is 0 Å². The van der Waals surface area contributed by atoms with Crippen LogP contribution in [0.5, 0.6) is 0 Å². The molecular formula is C8H14O3. The molecule has 0 aromatic carbocycles. The molecule has 1 aliphatic rings. The van der Waals surface area contributed by atoms with Crippen LogP contribution in [0.25, 0.3) is 0 Å². The molecule has 1 aliphatic heterocycles. The van der Waals surface area contributed by atoms with Crippen LogP contribution in [0.4, 0.5) is 0 Å². The van der Waals surface area contributed by atoms with E-state index < -0.39 is 0 Å². The van der Waals surface area contributed by atoms with Crippen LogP contribution in [-0.2, 0) is 14.3 Å². The Balaban J connectivity index is 2.18. The molecule has 0 bridgehead atoms.